The van der Waals surface area contributed by atoms with Gasteiger partial charge in [-0.05, 0) is 46.8 Å². The van der Waals surface area contributed by atoms with Crippen LogP contribution in [-0.4, -0.2) is 22.4 Å². The van der Waals surface area contributed by atoms with Crippen LogP contribution in [-0.2, 0) is 6.54 Å². The minimum atomic E-state index is -0.344. The summed E-state index contributed by atoms with van der Waals surface area (Å²) in [4.78, 5) is 12.9. The number of rotatable bonds is 3. The summed E-state index contributed by atoms with van der Waals surface area (Å²) in [6.45, 7) is 6.34. The van der Waals surface area contributed by atoms with Gasteiger partial charge in [0.25, 0.3) is 5.69 Å². The van der Waals surface area contributed by atoms with Crippen molar-refractivity contribution in [1.29, 1.82) is 0 Å². The summed E-state index contributed by atoms with van der Waals surface area (Å²) in [6.07, 6.45) is 1.21. The Kier molecular flexibility index (Phi) is 4.02. The van der Waals surface area contributed by atoms with Crippen LogP contribution in [0.4, 0.5) is 5.69 Å². The van der Waals surface area contributed by atoms with Gasteiger partial charge in [0.15, 0.2) is 0 Å². The molecular formula is C13H17BrN2O2. The molecular weight excluding hydrogens is 296 g/mol. The topological polar surface area (TPSA) is 46.4 Å². The summed E-state index contributed by atoms with van der Waals surface area (Å²) in [7, 11) is 0. The lowest BCUT2D eigenvalue weighted by molar-refractivity contribution is -0.385. The van der Waals surface area contributed by atoms with Crippen molar-refractivity contribution < 1.29 is 4.92 Å². The van der Waals surface area contributed by atoms with Gasteiger partial charge in [0.05, 0.1) is 9.40 Å². The maximum Gasteiger partial charge on any atom is 0.283 e. The molecule has 1 saturated heterocycles. The first-order valence-electron chi connectivity index (χ1n) is 6.14. The minimum absolute atomic E-state index is 0.146. The Morgan fingerprint density at radius 3 is 2.78 bits per heavy atom. The lowest BCUT2D eigenvalue weighted by Gasteiger charge is -2.20. The molecule has 2 unspecified atom stereocenters. The Morgan fingerprint density at radius 1 is 1.50 bits per heavy atom. The molecule has 0 spiro atoms. The normalized spacial score (nSPS) is 24.4. The van der Waals surface area contributed by atoms with E-state index in [0.717, 1.165) is 18.7 Å². The summed E-state index contributed by atoms with van der Waals surface area (Å²) in [5.74, 6) is 0.713. The molecule has 0 saturated carbocycles. The maximum absolute atomic E-state index is 10.9. The lowest BCUT2D eigenvalue weighted by Crippen LogP contribution is -2.26. The van der Waals surface area contributed by atoms with Crippen molar-refractivity contribution in [3.8, 4) is 0 Å². The highest BCUT2D eigenvalue weighted by atomic mass is 79.9. The molecule has 1 aromatic rings. The number of nitro benzene ring substituents is 1. The standard InChI is InChI=1S/C13H17BrN2O2/c1-9-5-10(2)15(7-9)8-11-3-4-12(14)13(6-11)16(17)18/h3-4,6,9-10H,5,7-8H2,1-2H3. The Bertz CT molecular complexity index is 464. The molecule has 5 heteroatoms. The van der Waals surface area contributed by atoms with Gasteiger partial charge >= 0.3 is 0 Å². The number of likely N-dealkylation sites (tertiary alicyclic amines) is 1. The second kappa shape index (κ2) is 5.36. The minimum Gasteiger partial charge on any atom is -0.296 e. The summed E-state index contributed by atoms with van der Waals surface area (Å²) in [5, 5.41) is 10.9. The van der Waals surface area contributed by atoms with Crippen molar-refractivity contribution in [2.75, 3.05) is 6.54 Å². The van der Waals surface area contributed by atoms with Gasteiger partial charge in [-0.25, -0.2) is 0 Å². The van der Waals surface area contributed by atoms with Crippen molar-refractivity contribution in [3.05, 3.63) is 38.3 Å². The Hall–Kier alpha value is -0.940. The highest BCUT2D eigenvalue weighted by Gasteiger charge is 2.26. The highest BCUT2D eigenvalue weighted by molar-refractivity contribution is 9.10. The molecule has 1 aromatic carbocycles. The van der Waals surface area contributed by atoms with Gasteiger partial charge in [-0.1, -0.05) is 13.0 Å². The third-order valence-corrected chi connectivity index (χ3v) is 4.18. The van der Waals surface area contributed by atoms with Gasteiger partial charge in [0.1, 0.15) is 0 Å². The molecule has 2 atom stereocenters. The molecule has 0 N–H and O–H groups in total. The third kappa shape index (κ3) is 2.90. The van der Waals surface area contributed by atoms with Crippen molar-refractivity contribution in [2.24, 2.45) is 5.92 Å². The van der Waals surface area contributed by atoms with Crippen LogP contribution in [0.15, 0.2) is 22.7 Å². The number of nitrogens with zero attached hydrogens (tertiary/aromatic N) is 2. The monoisotopic (exact) mass is 312 g/mol. The molecule has 0 aromatic heterocycles. The highest BCUT2D eigenvalue weighted by Crippen LogP contribution is 2.28. The fourth-order valence-electron chi connectivity index (χ4n) is 2.64. The predicted molar refractivity (Wildman–Crippen MR) is 74.4 cm³/mol. The zero-order valence-corrected chi connectivity index (χ0v) is 12.2. The molecule has 18 heavy (non-hydrogen) atoms. The molecule has 0 radical (unpaired) electrons. The van der Waals surface area contributed by atoms with Crippen LogP contribution in [0.25, 0.3) is 0 Å². The second-order valence-electron chi connectivity index (χ2n) is 5.16. The van der Waals surface area contributed by atoms with Crippen molar-refractivity contribution >= 4 is 21.6 Å². The van der Waals surface area contributed by atoms with Crippen LogP contribution in [0.2, 0.25) is 0 Å². The number of hydrogen-bond donors (Lipinski definition) is 0. The van der Waals surface area contributed by atoms with Crippen LogP contribution in [0.3, 0.4) is 0 Å². The van der Waals surface area contributed by atoms with Gasteiger partial charge < -0.3 is 0 Å². The lowest BCUT2D eigenvalue weighted by atomic mass is 10.1. The van der Waals surface area contributed by atoms with Crippen LogP contribution >= 0.6 is 15.9 Å². The Balaban J connectivity index is 2.15. The summed E-state index contributed by atoms with van der Waals surface area (Å²) < 4.78 is 0.541. The van der Waals surface area contributed by atoms with Gasteiger partial charge in [-0.3, -0.25) is 15.0 Å². The van der Waals surface area contributed by atoms with E-state index >= 15 is 0 Å². The molecule has 4 nitrogen and oxygen atoms in total. The van der Waals surface area contributed by atoms with Crippen molar-refractivity contribution in [2.45, 2.75) is 32.9 Å². The van der Waals surface area contributed by atoms with E-state index in [1.165, 1.54) is 6.42 Å². The molecule has 0 amide bonds. The molecule has 98 valence electrons. The molecule has 0 aliphatic carbocycles. The molecule has 2 rings (SSSR count). The average molecular weight is 313 g/mol. The largest absolute Gasteiger partial charge is 0.296 e. The second-order valence-corrected chi connectivity index (χ2v) is 6.02. The average Bonchev–Trinajstić information content (AvgIpc) is 2.60. The van der Waals surface area contributed by atoms with E-state index in [4.69, 9.17) is 0 Å². The number of hydrogen-bond acceptors (Lipinski definition) is 3. The van der Waals surface area contributed by atoms with E-state index in [0.29, 0.717) is 16.4 Å². The molecule has 1 aliphatic rings. The van der Waals surface area contributed by atoms with E-state index in [1.807, 2.05) is 6.07 Å². The summed E-state index contributed by atoms with van der Waals surface area (Å²) >= 11 is 3.21. The quantitative estimate of drug-likeness (QED) is 0.633. The molecule has 1 aliphatic heterocycles. The molecule has 1 fully saturated rings. The van der Waals surface area contributed by atoms with Crippen molar-refractivity contribution in [1.82, 2.24) is 4.90 Å². The van der Waals surface area contributed by atoms with E-state index in [2.05, 4.69) is 34.7 Å². The fourth-order valence-corrected chi connectivity index (χ4v) is 3.03. The molecule has 1 heterocycles. The van der Waals surface area contributed by atoms with Gasteiger partial charge in [-0.2, -0.15) is 0 Å². The fraction of sp³-hybridized carbons (Fsp3) is 0.538. The Morgan fingerprint density at radius 2 is 2.22 bits per heavy atom. The van der Waals surface area contributed by atoms with E-state index in [1.54, 1.807) is 12.1 Å². The van der Waals surface area contributed by atoms with Gasteiger partial charge in [-0.15, -0.1) is 0 Å². The van der Waals surface area contributed by atoms with Gasteiger partial charge in [0.2, 0.25) is 0 Å². The Labute approximate surface area is 115 Å². The SMILES string of the molecule is CC1CC(C)N(Cc2ccc(Br)c([N+](=O)[O-])c2)C1. The van der Waals surface area contributed by atoms with Crippen LogP contribution in [0.5, 0.6) is 0 Å². The van der Waals surface area contributed by atoms with E-state index in [-0.39, 0.29) is 10.6 Å². The third-order valence-electron chi connectivity index (χ3n) is 3.51. The first kappa shape index (κ1) is 13.5. The summed E-state index contributed by atoms with van der Waals surface area (Å²) in [5.41, 5.74) is 1.15. The zero-order chi connectivity index (χ0) is 13.3. The summed E-state index contributed by atoms with van der Waals surface area (Å²) in [6, 6.07) is 5.94. The number of halogens is 1. The predicted octanol–water partition coefficient (Wildman–Crippen LogP) is 3.59. The number of nitro groups is 1. The van der Waals surface area contributed by atoms with Crippen LogP contribution < -0.4 is 0 Å². The zero-order valence-electron chi connectivity index (χ0n) is 10.6. The van der Waals surface area contributed by atoms with Crippen LogP contribution in [0, 0.1) is 16.0 Å². The number of benzene rings is 1. The first-order chi connectivity index (χ1) is 8.47. The van der Waals surface area contributed by atoms with E-state index < -0.39 is 0 Å². The van der Waals surface area contributed by atoms with Gasteiger partial charge in [0, 0.05) is 25.2 Å². The molecule has 0 bridgehead atoms. The van der Waals surface area contributed by atoms with Crippen molar-refractivity contribution in [3.63, 3.8) is 0 Å². The smallest absolute Gasteiger partial charge is 0.283 e. The maximum atomic E-state index is 10.9. The van der Waals surface area contributed by atoms with Crippen LogP contribution in [0.1, 0.15) is 25.8 Å². The van der Waals surface area contributed by atoms with E-state index in [9.17, 15) is 10.1 Å². The first-order valence-corrected chi connectivity index (χ1v) is 6.93.